The van der Waals surface area contributed by atoms with Gasteiger partial charge in [-0.15, -0.1) is 0 Å². The molecule has 1 fully saturated rings. The number of nitrogens with one attached hydrogen (secondary N) is 2. The summed E-state index contributed by atoms with van der Waals surface area (Å²) in [5.41, 5.74) is -1.06. The predicted molar refractivity (Wildman–Crippen MR) is 74.1 cm³/mol. The number of hydrogen-bond donors (Lipinski definition) is 3. The first-order chi connectivity index (χ1) is 9.47. The number of carboxylic acids is 1. The lowest BCUT2D eigenvalue weighted by Crippen LogP contribution is -2.58. The highest BCUT2D eigenvalue weighted by Gasteiger charge is 2.51. The van der Waals surface area contributed by atoms with Gasteiger partial charge >= 0.3 is 5.97 Å². The summed E-state index contributed by atoms with van der Waals surface area (Å²) in [6.07, 6.45) is 3.78. The lowest BCUT2D eigenvalue weighted by atomic mass is 9.67. The van der Waals surface area contributed by atoms with E-state index < -0.39 is 23.3 Å². The standard InChI is InChI=1S/C14H24N2O4/c1-3-5-7-10(11(17)18)16-13(20)14(8-6-9-14)12(19)15-4-2/h10H,3-9H2,1-2H3,(H,15,19)(H,16,20)(H,17,18)/t10-/m0/s1. The molecule has 1 rings (SSSR count). The van der Waals surface area contributed by atoms with Gasteiger partial charge in [-0.2, -0.15) is 0 Å². The summed E-state index contributed by atoms with van der Waals surface area (Å²) < 4.78 is 0. The van der Waals surface area contributed by atoms with Crippen LogP contribution in [0, 0.1) is 5.41 Å². The van der Waals surface area contributed by atoms with Crippen molar-refractivity contribution in [2.24, 2.45) is 5.41 Å². The van der Waals surface area contributed by atoms with Crippen LogP contribution >= 0.6 is 0 Å². The monoisotopic (exact) mass is 284 g/mol. The fourth-order valence-electron chi connectivity index (χ4n) is 2.38. The highest BCUT2D eigenvalue weighted by Crippen LogP contribution is 2.41. The number of carbonyl (C=O) groups is 3. The van der Waals surface area contributed by atoms with Crippen LogP contribution in [0.2, 0.25) is 0 Å². The van der Waals surface area contributed by atoms with Gasteiger partial charge in [0.25, 0.3) is 0 Å². The molecule has 3 N–H and O–H groups in total. The van der Waals surface area contributed by atoms with Crippen molar-refractivity contribution < 1.29 is 19.5 Å². The lowest BCUT2D eigenvalue weighted by molar-refractivity contribution is -0.153. The largest absolute Gasteiger partial charge is 0.480 e. The highest BCUT2D eigenvalue weighted by molar-refractivity contribution is 6.06. The summed E-state index contributed by atoms with van der Waals surface area (Å²) in [7, 11) is 0. The molecule has 6 heteroatoms. The number of amides is 2. The Hall–Kier alpha value is -1.59. The Balaban J connectivity index is 2.70. The maximum atomic E-state index is 12.3. The number of aliphatic carboxylic acids is 1. The van der Waals surface area contributed by atoms with Crippen LogP contribution in [0.4, 0.5) is 0 Å². The van der Waals surface area contributed by atoms with E-state index in [1.165, 1.54) is 0 Å². The van der Waals surface area contributed by atoms with Crippen LogP contribution in [0.15, 0.2) is 0 Å². The molecule has 2 amide bonds. The van der Waals surface area contributed by atoms with Gasteiger partial charge in [0.1, 0.15) is 11.5 Å². The second-order valence-corrected chi connectivity index (χ2v) is 5.30. The minimum Gasteiger partial charge on any atom is -0.480 e. The molecule has 1 atom stereocenters. The smallest absolute Gasteiger partial charge is 0.326 e. The van der Waals surface area contributed by atoms with E-state index in [2.05, 4.69) is 10.6 Å². The highest BCUT2D eigenvalue weighted by atomic mass is 16.4. The third kappa shape index (κ3) is 3.49. The molecule has 0 heterocycles. The molecule has 1 aliphatic carbocycles. The van der Waals surface area contributed by atoms with Crippen molar-refractivity contribution in [1.82, 2.24) is 10.6 Å². The molecule has 1 saturated carbocycles. The third-order valence-corrected chi connectivity index (χ3v) is 3.86. The Morgan fingerprint density at radius 3 is 2.25 bits per heavy atom. The Morgan fingerprint density at radius 2 is 1.85 bits per heavy atom. The molecule has 0 aromatic carbocycles. The van der Waals surface area contributed by atoms with Crippen LogP contribution < -0.4 is 10.6 Å². The first-order valence-electron chi connectivity index (χ1n) is 7.30. The lowest BCUT2D eigenvalue weighted by Gasteiger charge is -2.39. The molecule has 0 unspecified atom stereocenters. The van der Waals surface area contributed by atoms with Gasteiger partial charge in [-0.1, -0.05) is 26.2 Å². The summed E-state index contributed by atoms with van der Waals surface area (Å²) in [5, 5.41) is 14.3. The second-order valence-electron chi connectivity index (χ2n) is 5.30. The van der Waals surface area contributed by atoms with E-state index in [0.29, 0.717) is 25.8 Å². The van der Waals surface area contributed by atoms with Crippen molar-refractivity contribution in [3.8, 4) is 0 Å². The SMILES string of the molecule is CCCC[C@H](NC(=O)C1(C(=O)NCC)CCC1)C(=O)O. The predicted octanol–water partition coefficient (Wildman–Crippen LogP) is 1.05. The quantitative estimate of drug-likeness (QED) is 0.581. The molecule has 0 bridgehead atoms. The maximum absolute atomic E-state index is 12.3. The zero-order valence-electron chi connectivity index (χ0n) is 12.2. The molecule has 0 aliphatic heterocycles. The van der Waals surface area contributed by atoms with Crippen molar-refractivity contribution in [1.29, 1.82) is 0 Å². The summed E-state index contributed by atoms with van der Waals surface area (Å²) in [6, 6.07) is -0.908. The van der Waals surface area contributed by atoms with E-state index in [9.17, 15) is 14.4 Å². The summed E-state index contributed by atoms with van der Waals surface area (Å²) in [4.78, 5) is 35.5. The molecular formula is C14H24N2O4. The number of hydrogen-bond acceptors (Lipinski definition) is 3. The molecule has 20 heavy (non-hydrogen) atoms. The minimum absolute atomic E-state index is 0.289. The zero-order valence-corrected chi connectivity index (χ0v) is 12.2. The Labute approximate surface area is 119 Å². The van der Waals surface area contributed by atoms with E-state index >= 15 is 0 Å². The molecule has 0 aromatic rings. The fourth-order valence-corrected chi connectivity index (χ4v) is 2.38. The molecule has 0 radical (unpaired) electrons. The Bertz CT molecular complexity index is 377. The van der Waals surface area contributed by atoms with Crippen molar-refractivity contribution in [2.45, 2.75) is 58.4 Å². The Kier molecular flexibility index (Phi) is 5.98. The molecule has 0 spiro atoms. The van der Waals surface area contributed by atoms with Crippen molar-refractivity contribution in [3.05, 3.63) is 0 Å². The average molecular weight is 284 g/mol. The summed E-state index contributed by atoms with van der Waals surface area (Å²) >= 11 is 0. The van der Waals surface area contributed by atoms with Gasteiger partial charge in [0, 0.05) is 6.54 Å². The van der Waals surface area contributed by atoms with Crippen LogP contribution in [-0.2, 0) is 14.4 Å². The van der Waals surface area contributed by atoms with E-state index in [-0.39, 0.29) is 5.91 Å². The summed E-state index contributed by atoms with van der Waals surface area (Å²) in [5.74, 6) is -1.78. The molecular weight excluding hydrogens is 260 g/mol. The fraction of sp³-hybridized carbons (Fsp3) is 0.786. The number of rotatable bonds is 8. The van der Waals surface area contributed by atoms with E-state index in [4.69, 9.17) is 5.11 Å². The van der Waals surface area contributed by atoms with Crippen LogP contribution in [0.5, 0.6) is 0 Å². The molecule has 114 valence electrons. The number of unbranched alkanes of at least 4 members (excludes halogenated alkanes) is 1. The second kappa shape index (κ2) is 7.26. The van der Waals surface area contributed by atoms with Gasteiger partial charge in [-0.05, 0) is 26.2 Å². The molecule has 0 saturated heterocycles. The van der Waals surface area contributed by atoms with Crippen molar-refractivity contribution >= 4 is 17.8 Å². The van der Waals surface area contributed by atoms with E-state index in [1.807, 2.05) is 6.92 Å². The van der Waals surface area contributed by atoms with Gasteiger partial charge in [0.05, 0.1) is 0 Å². The van der Waals surface area contributed by atoms with E-state index in [0.717, 1.165) is 19.3 Å². The van der Waals surface area contributed by atoms with Gasteiger partial charge in [0.15, 0.2) is 0 Å². The average Bonchev–Trinajstić information content (AvgIpc) is 2.33. The number of carbonyl (C=O) groups excluding carboxylic acids is 2. The van der Waals surface area contributed by atoms with Crippen LogP contribution in [-0.4, -0.2) is 35.5 Å². The van der Waals surface area contributed by atoms with Gasteiger partial charge in [0.2, 0.25) is 11.8 Å². The van der Waals surface area contributed by atoms with Gasteiger partial charge in [-0.25, -0.2) is 4.79 Å². The topological polar surface area (TPSA) is 95.5 Å². The van der Waals surface area contributed by atoms with Crippen molar-refractivity contribution in [2.75, 3.05) is 6.54 Å². The van der Waals surface area contributed by atoms with E-state index in [1.54, 1.807) is 6.92 Å². The van der Waals surface area contributed by atoms with Crippen LogP contribution in [0.3, 0.4) is 0 Å². The third-order valence-electron chi connectivity index (χ3n) is 3.86. The first-order valence-corrected chi connectivity index (χ1v) is 7.30. The molecule has 6 nitrogen and oxygen atoms in total. The number of carboxylic acid groups (broad SMARTS) is 1. The normalized spacial score (nSPS) is 17.7. The first kappa shape index (κ1) is 16.5. The summed E-state index contributed by atoms with van der Waals surface area (Å²) in [6.45, 7) is 4.22. The van der Waals surface area contributed by atoms with Crippen LogP contribution in [0.1, 0.15) is 52.4 Å². The van der Waals surface area contributed by atoms with Crippen molar-refractivity contribution in [3.63, 3.8) is 0 Å². The minimum atomic E-state index is -1.06. The molecule has 1 aliphatic rings. The Morgan fingerprint density at radius 1 is 1.20 bits per heavy atom. The maximum Gasteiger partial charge on any atom is 0.326 e. The molecule has 0 aromatic heterocycles. The van der Waals surface area contributed by atoms with Crippen LogP contribution in [0.25, 0.3) is 0 Å². The van der Waals surface area contributed by atoms with Gasteiger partial charge in [-0.3, -0.25) is 9.59 Å². The van der Waals surface area contributed by atoms with Gasteiger partial charge < -0.3 is 15.7 Å². The zero-order chi connectivity index (χ0) is 15.2.